The lowest BCUT2D eigenvalue weighted by molar-refractivity contribution is -0.143. The van der Waals surface area contributed by atoms with Crippen LogP contribution < -0.4 is 0 Å². The third-order valence-corrected chi connectivity index (χ3v) is 2.58. The Morgan fingerprint density at radius 2 is 2.20 bits per heavy atom. The standard InChI is InChI=1S/C9H16N4O2/c1-4-6(3)8(9(14)15)13-7(5-2)10-11-12-13/h6,8H,4-5H2,1-3H3,(H,14,15). The Bertz CT molecular complexity index is 337. The molecule has 0 radical (unpaired) electrons. The summed E-state index contributed by atoms with van der Waals surface area (Å²) in [6.07, 6.45) is 1.41. The molecular formula is C9H16N4O2. The van der Waals surface area contributed by atoms with Gasteiger partial charge in [0, 0.05) is 6.42 Å². The summed E-state index contributed by atoms with van der Waals surface area (Å²) in [4.78, 5) is 11.2. The summed E-state index contributed by atoms with van der Waals surface area (Å²) in [5.74, 6) is -0.259. The zero-order chi connectivity index (χ0) is 11.4. The summed E-state index contributed by atoms with van der Waals surface area (Å²) in [7, 11) is 0. The number of carbonyl (C=O) groups is 1. The molecule has 6 heteroatoms. The molecule has 0 aliphatic heterocycles. The van der Waals surface area contributed by atoms with Gasteiger partial charge in [-0.15, -0.1) is 5.10 Å². The average Bonchev–Trinajstić information content (AvgIpc) is 2.65. The largest absolute Gasteiger partial charge is 0.480 e. The van der Waals surface area contributed by atoms with Crippen molar-refractivity contribution in [2.24, 2.45) is 5.92 Å². The van der Waals surface area contributed by atoms with Gasteiger partial charge < -0.3 is 5.11 Å². The molecule has 0 aromatic carbocycles. The molecule has 0 saturated heterocycles. The van der Waals surface area contributed by atoms with Gasteiger partial charge in [-0.25, -0.2) is 9.48 Å². The molecule has 1 N–H and O–H groups in total. The first-order chi connectivity index (χ1) is 7.11. The van der Waals surface area contributed by atoms with Crippen molar-refractivity contribution in [3.63, 3.8) is 0 Å². The van der Waals surface area contributed by atoms with E-state index in [0.29, 0.717) is 12.2 Å². The molecule has 84 valence electrons. The quantitative estimate of drug-likeness (QED) is 0.784. The number of tetrazole rings is 1. The summed E-state index contributed by atoms with van der Waals surface area (Å²) in [6.45, 7) is 5.74. The van der Waals surface area contributed by atoms with E-state index in [1.807, 2.05) is 20.8 Å². The molecule has 0 aliphatic rings. The predicted molar refractivity (Wildman–Crippen MR) is 53.3 cm³/mol. The highest BCUT2D eigenvalue weighted by molar-refractivity contribution is 5.72. The van der Waals surface area contributed by atoms with E-state index in [2.05, 4.69) is 15.5 Å². The first-order valence-electron chi connectivity index (χ1n) is 5.11. The van der Waals surface area contributed by atoms with Crippen LogP contribution in [0.4, 0.5) is 0 Å². The van der Waals surface area contributed by atoms with Crippen LogP contribution in [-0.2, 0) is 11.2 Å². The molecule has 1 aromatic rings. The first-order valence-corrected chi connectivity index (χ1v) is 5.11. The Morgan fingerprint density at radius 1 is 1.53 bits per heavy atom. The second kappa shape index (κ2) is 4.86. The van der Waals surface area contributed by atoms with E-state index in [-0.39, 0.29) is 5.92 Å². The molecule has 0 fully saturated rings. The second-order valence-corrected chi connectivity index (χ2v) is 3.56. The number of carboxylic acid groups (broad SMARTS) is 1. The normalized spacial score (nSPS) is 14.9. The maximum absolute atomic E-state index is 11.2. The number of aryl methyl sites for hydroxylation is 1. The van der Waals surface area contributed by atoms with Crippen LogP contribution in [0.5, 0.6) is 0 Å². The summed E-state index contributed by atoms with van der Waals surface area (Å²) in [6, 6.07) is -0.667. The highest BCUT2D eigenvalue weighted by atomic mass is 16.4. The molecule has 0 saturated carbocycles. The fraction of sp³-hybridized carbons (Fsp3) is 0.778. The Labute approximate surface area is 88.3 Å². The highest BCUT2D eigenvalue weighted by Crippen LogP contribution is 2.21. The third-order valence-electron chi connectivity index (χ3n) is 2.58. The first kappa shape index (κ1) is 11.6. The smallest absolute Gasteiger partial charge is 0.328 e. The Hall–Kier alpha value is -1.46. The van der Waals surface area contributed by atoms with Crippen LogP contribution in [0, 0.1) is 5.92 Å². The van der Waals surface area contributed by atoms with Crippen LogP contribution in [0.1, 0.15) is 39.1 Å². The van der Waals surface area contributed by atoms with Crippen molar-refractivity contribution < 1.29 is 9.90 Å². The van der Waals surface area contributed by atoms with E-state index >= 15 is 0 Å². The monoisotopic (exact) mass is 212 g/mol. The van der Waals surface area contributed by atoms with Gasteiger partial charge in [-0.05, 0) is 16.3 Å². The minimum Gasteiger partial charge on any atom is -0.480 e. The number of hydrogen-bond donors (Lipinski definition) is 1. The van der Waals surface area contributed by atoms with Crippen molar-refractivity contribution in [1.29, 1.82) is 0 Å². The number of aliphatic carboxylic acids is 1. The number of aromatic nitrogens is 4. The van der Waals surface area contributed by atoms with Crippen molar-refractivity contribution >= 4 is 5.97 Å². The summed E-state index contributed by atoms with van der Waals surface area (Å²) >= 11 is 0. The fourth-order valence-corrected chi connectivity index (χ4v) is 1.47. The van der Waals surface area contributed by atoms with E-state index in [4.69, 9.17) is 5.11 Å². The molecule has 1 aromatic heterocycles. The van der Waals surface area contributed by atoms with Gasteiger partial charge in [0.2, 0.25) is 0 Å². The van der Waals surface area contributed by atoms with Crippen LogP contribution in [0.15, 0.2) is 0 Å². The van der Waals surface area contributed by atoms with Crippen molar-refractivity contribution in [2.75, 3.05) is 0 Å². The third kappa shape index (κ3) is 2.31. The Balaban J connectivity index is 3.04. The van der Waals surface area contributed by atoms with Gasteiger partial charge in [0.05, 0.1) is 0 Å². The lowest BCUT2D eigenvalue weighted by Crippen LogP contribution is -2.27. The van der Waals surface area contributed by atoms with E-state index < -0.39 is 12.0 Å². The van der Waals surface area contributed by atoms with Gasteiger partial charge in [0.25, 0.3) is 0 Å². The summed E-state index contributed by atoms with van der Waals surface area (Å²) in [5.41, 5.74) is 0. The molecule has 0 aliphatic carbocycles. The van der Waals surface area contributed by atoms with Crippen molar-refractivity contribution in [2.45, 2.75) is 39.7 Å². The Morgan fingerprint density at radius 3 is 2.67 bits per heavy atom. The summed E-state index contributed by atoms with van der Waals surface area (Å²) in [5, 5.41) is 20.2. The van der Waals surface area contributed by atoms with Gasteiger partial charge in [0.15, 0.2) is 11.9 Å². The maximum atomic E-state index is 11.2. The molecule has 0 amide bonds. The molecule has 6 nitrogen and oxygen atoms in total. The van der Waals surface area contributed by atoms with Crippen LogP contribution in [0.2, 0.25) is 0 Å². The zero-order valence-electron chi connectivity index (χ0n) is 9.21. The highest BCUT2D eigenvalue weighted by Gasteiger charge is 2.28. The predicted octanol–water partition coefficient (Wildman–Crippen LogP) is 0.907. The molecule has 1 heterocycles. The minimum absolute atomic E-state index is 0.0105. The van der Waals surface area contributed by atoms with Gasteiger partial charge in [-0.2, -0.15) is 0 Å². The minimum atomic E-state index is -0.883. The van der Waals surface area contributed by atoms with Crippen molar-refractivity contribution in [3.05, 3.63) is 5.82 Å². The van der Waals surface area contributed by atoms with Crippen LogP contribution >= 0.6 is 0 Å². The van der Waals surface area contributed by atoms with Crippen molar-refractivity contribution in [3.8, 4) is 0 Å². The molecular weight excluding hydrogens is 196 g/mol. The zero-order valence-corrected chi connectivity index (χ0v) is 9.21. The lowest BCUT2D eigenvalue weighted by atomic mass is 9.99. The van der Waals surface area contributed by atoms with Crippen LogP contribution in [0.25, 0.3) is 0 Å². The number of carboxylic acids is 1. The molecule has 0 bridgehead atoms. The maximum Gasteiger partial charge on any atom is 0.328 e. The SMILES string of the molecule is CCc1nnnn1C(C(=O)O)C(C)CC. The molecule has 15 heavy (non-hydrogen) atoms. The average molecular weight is 212 g/mol. The molecule has 2 unspecified atom stereocenters. The van der Waals surface area contributed by atoms with E-state index in [9.17, 15) is 4.79 Å². The molecule has 1 rings (SSSR count). The van der Waals surface area contributed by atoms with Crippen molar-refractivity contribution in [1.82, 2.24) is 20.2 Å². The fourth-order valence-electron chi connectivity index (χ4n) is 1.47. The summed E-state index contributed by atoms with van der Waals surface area (Å²) < 4.78 is 1.41. The van der Waals surface area contributed by atoms with Crippen LogP contribution in [0.3, 0.4) is 0 Å². The van der Waals surface area contributed by atoms with Gasteiger partial charge in [0.1, 0.15) is 0 Å². The lowest BCUT2D eigenvalue weighted by Gasteiger charge is -2.19. The number of nitrogens with zero attached hydrogens (tertiary/aromatic N) is 4. The number of hydrogen-bond acceptors (Lipinski definition) is 4. The molecule has 0 spiro atoms. The van der Waals surface area contributed by atoms with Gasteiger partial charge >= 0.3 is 5.97 Å². The van der Waals surface area contributed by atoms with Gasteiger partial charge in [-0.3, -0.25) is 0 Å². The van der Waals surface area contributed by atoms with E-state index in [1.165, 1.54) is 4.68 Å². The topological polar surface area (TPSA) is 80.9 Å². The van der Waals surface area contributed by atoms with Gasteiger partial charge in [-0.1, -0.05) is 27.2 Å². The van der Waals surface area contributed by atoms with Crippen LogP contribution in [-0.4, -0.2) is 31.3 Å². The van der Waals surface area contributed by atoms with E-state index in [1.54, 1.807) is 0 Å². The second-order valence-electron chi connectivity index (χ2n) is 3.56. The Kier molecular flexibility index (Phi) is 3.76. The molecule has 2 atom stereocenters. The van der Waals surface area contributed by atoms with E-state index in [0.717, 1.165) is 6.42 Å². The number of rotatable bonds is 5.